The number of alkyl halides is 2. The molecule has 1 N–H and O–H groups in total. The summed E-state index contributed by atoms with van der Waals surface area (Å²) in [6.45, 7) is 0. The molecule has 1 unspecified atom stereocenters. The number of carboxylic acid groups (broad SMARTS) is 1. The molecular weight excluding hydrogens is 267 g/mol. The average molecular weight is 278 g/mol. The molecule has 0 saturated carbocycles. The predicted molar refractivity (Wildman–Crippen MR) is 60.2 cm³/mol. The molecule has 2 nitrogen and oxygen atoms in total. The maximum atomic E-state index is 10.5. The third kappa shape index (κ3) is 3.31. The van der Waals surface area contributed by atoms with Crippen LogP contribution in [0.25, 0.3) is 0 Å². The van der Waals surface area contributed by atoms with E-state index in [1.807, 2.05) is 18.2 Å². The standard InChI is InChI=1S/C10H10BrClO2/c11-9(6-12)8-3-1-2-7(4-8)5-10(13)14/h1-4,9H,5-6H2,(H,13,14). The molecule has 0 radical (unpaired) electrons. The van der Waals surface area contributed by atoms with Gasteiger partial charge in [-0.15, -0.1) is 11.6 Å². The molecule has 0 saturated heterocycles. The van der Waals surface area contributed by atoms with Gasteiger partial charge in [0.25, 0.3) is 0 Å². The van der Waals surface area contributed by atoms with Gasteiger partial charge < -0.3 is 5.11 Å². The SMILES string of the molecule is O=C(O)Cc1cccc(C(Br)CCl)c1. The Kier molecular flexibility index (Phi) is 4.42. The van der Waals surface area contributed by atoms with Crippen molar-refractivity contribution in [1.82, 2.24) is 0 Å². The molecule has 0 fully saturated rings. The van der Waals surface area contributed by atoms with Crippen molar-refractivity contribution in [3.63, 3.8) is 0 Å². The first-order valence-corrected chi connectivity index (χ1v) is 5.59. The monoisotopic (exact) mass is 276 g/mol. The van der Waals surface area contributed by atoms with Gasteiger partial charge in [-0.2, -0.15) is 0 Å². The predicted octanol–water partition coefficient (Wildman–Crippen LogP) is 2.99. The van der Waals surface area contributed by atoms with Crippen LogP contribution in [0.5, 0.6) is 0 Å². The Morgan fingerprint density at radius 1 is 1.57 bits per heavy atom. The third-order valence-electron chi connectivity index (χ3n) is 1.80. The molecule has 0 amide bonds. The molecular formula is C10H10BrClO2. The molecule has 0 heterocycles. The second kappa shape index (κ2) is 5.37. The van der Waals surface area contributed by atoms with E-state index >= 15 is 0 Å². The highest BCUT2D eigenvalue weighted by atomic mass is 79.9. The average Bonchev–Trinajstić information content (AvgIpc) is 2.16. The van der Waals surface area contributed by atoms with E-state index in [4.69, 9.17) is 16.7 Å². The molecule has 76 valence electrons. The van der Waals surface area contributed by atoms with E-state index in [1.54, 1.807) is 6.07 Å². The van der Waals surface area contributed by atoms with E-state index in [9.17, 15) is 4.79 Å². The first-order chi connectivity index (χ1) is 6.63. The lowest BCUT2D eigenvalue weighted by molar-refractivity contribution is -0.136. The van der Waals surface area contributed by atoms with Crippen molar-refractivity contribution >= 4 is 33.5 Å². The van der Waals surface area contributed by atoms with Gasteiger partial charge in [-0.05, 0) is 11.1 Å². The fourth-order valence-electron chi connectivity index (χ4n) is 1.16. The highest BCUT2D eigenvalue weighted by Gasteiger charge is 2.07. The smallest absolute Gasteiger partial charge is 0.307 e. The minimum atomic E-state index is -0.820. The molecule has 0 aromatic heterocycles. The summed E-state index contributed by atoms with van der Waals surface area (Å²) in [5, 5.41) is 8.62. The molecule has 1 rings (SSSR count). The fourth-order valence-corrected chi connectivity index (χ4v) is 1.62. The van der Waals surface area contributed by atoms with Crippen LogP contribution in [-0.2, 0) is 11.2 Å². The minimum absolute atomic E-state index is 0.0514. The Morgan fingerprint density at radius 2 is 2.29 bits per heavy atom. The van der Waals surface area contributed by atoms with Crippen molar-refractivity contribution in [2.75, 3.05) is 5.88 Å². The van der Waals surface area contributed by atoms with E-state index in [0.717, 1.165) is 11.1 Å². The maximum Gasteiger partial charge on any atom is 0.307 e. The lowest BCUT2D eigenvalue weighted by atomic mass is 10.1. The van der Waals surface area contributed by atoms with E-state index in [2.05, 4.69) is 15.9 Å². The van der Waals surface area contributed by atoms with Gasteiger partial charge in [-0.1, -0.05) is 40.2 Å². The van der Waals surface area contributed by atoms with Crippen LogP contribution >= 0.6 is 27.5 Å². The van der Waals surface area contributed by atoms with Crippen molar-refractivity contribution < 1.29 is 9.90 Å². The van der Waals surface area contributed by atoms with E-state index < -0.39 is 5.97 Å². The fraction of sp³-hybridized carbons (Fsp3) is 0.300. The maximum absolute atomic E-state index is 10.5. The van der Waals surface area contributed by atoms with Crippen LogP contribution in [0.3, 0.4) is 0 Å². The first-order valence-electron chi connectivity index (χ1n) is 4.14. The lowest BCUT2D eigenvalue weighted by Crippen LogP contribution is -2.01. The lowest BCUT2D eigenvalue weighted by Gasteiger charge is -2.07. The first kappa shape index (κ1) is 11.5. The number of hydrogen-bond acceptors (Lipinski definition) is 1. The van der Waals surface area contributed by atoms with Crippen molar-refractivity contribution in [1.29, 1.82) is 0 Å². The number of carboxylic acids is 1. The quantitative estimate of drug-likeness (QED) is 0.859. The van der Waals surface area contributed by atoms with Crippen molar-refractivity contribution in [3.05, 3.63) is 35.4 Å². The highest BCUT2D eigenvalue weighted by molar-refractivity contribution is 9.09. The molecule has 0 spiro atoms. The molecule has 14 heavy (non-hydrogen) atoms. The minimum Gasteiger partial charge on any atom is -0.481 e. The summed E-state index contributed by atoms with van der Waals surface area (Å²) in [5.74, 6) is -0.351. The summed E-state index contributed by atoms with van der Waals surface area (Å²) in [7, 11) is 0. The van der Waals surface area contributed by atoms with Crippen LogP contribution < -0.4 is 0 Å². The Morgan fingerprint density at radius 3 is 2.86 bits per heavy atom. The normalized spacial score (nSPS) is 12.4. The van der Waals surface area contributed by atoms with Crippen LogP contribution in [0, 0.1) is 0 Å². The van der Waals surface area contributed by atoms with Gasteiger partial charge in [0.05, 0.1) is 11.2 Å². The van der Waals surface area contributed by atoms with Gasteiger partial charge in [0.15, 0.2) is 0 Å². The number of hydrogen-bond donors (Lipinski definition) is 1. The topological polar surface area (TPSA) is 37.3 Å². The summed E-state index contributed by atoms with van der Waals surface area (Å²) in [6.07, 6.45) is 0.0514. The number of rotatable bonds is 4. The summed E-state index contributed by atoms with van der Waals surface area (Å²) in [6, 6.07) is 7.42. The second-order valence-electron chi connectivity index (χ2n) is 2.94. The number of aliphatic carboxylic acids is 1. The molecule has 1 aromatic carbocycles. The van der Waals surface area contributed by atoms with Crippen LogP contribution in [0.4, 0.5) is 0 Å². The number of halogens is 2. The zero-order valence-corrected chi connectivity index (χ0v) is 9.75. The Balaban J connectivity index is 2.83. The molecule has 0 aliphatic carbocycles. The third-order valence-corrected chi connectivity index (χ3v) is 3.34. The molecule has 1 atom stereocenters. The summed E-state index contributed by atoms with van der Waals surface area (Å²) < 4.78 is 0. The van der Waals surface area contributed by atoms with Crippen molar-refractivity contribution in [3.8, 4) is 0 Å². The number of benzene rings is 1. The van der Waals surface area contributed by atoms with Crippen LogP contribution in [0.15, 0.2) is 24.3 Å². The summed E-state index contributed by atoms with van der Waals surface area (Å²) >= 11 is 9.09. The second-order valence-corrected chi connectivity index (χ2v) is 4.35. The Hall–Kier alpha value is -0.540. The molecule has 1 aromatic rings. The van der Waals surface area contributed by atoms with Gasteiger partial charge in [-0.3, -0.25) is 4.79 Å². The van der Waals surface area contributed by atoms with Crippen LogP contribution in [0.2, 0.25) is 0 Å². The molecule has 4 heteroatoms. The van der Waals surface area contributed by atoms with Crippen LogP contribution in [-0.4, -0.2) is 17.0 Å². The molecule has 0 aliphatic rings. The van der Waals surface area contributed by atoms with Gasteiger partial charge in [0, 0.05) is 5.88 Å². The zero-order chi connectivity index (χ0) is 10.6. The van der Waals surface area contributed by atoms with Crippen LogP contribution in [0.1, 0.15) is 16.0 Å². The van der Waals surface area contributed by atoms with E-state index in [-0.39, 0.29) is 11.2 Å². The highest BCUT2D eigenvalue weighted by Crippen LogP contribution is 2.24. The molecule has 0 aliphatic heterocycles. The van der Waals surface area contributed by atoms with Crippen molar-refractivity contribution in [2.24, 2.45) is 0 Å². The van der Waals surface area contributed by atoms with E-state index in [1.165, 1.54) is 0 Å². The van der Waals surface area contributed by atoms with Crippen molar-refractivity contribution in [2.45, 2.75) is 11.2 Å². The largest absolute Gasteiger partial charge is 0.481 e. The van der Waals surface area contributed by atoms with Gasteiger partial charge in [0.1, 0.15) is 0 Å². The molecule has 0 bridgehead atoms. The van der Waals surface area contributed by atoms with E-state index in [0.29, 0.717) is 5.88 Å². The van der Waals surface area contributed by atoms with Gasteiger partial charge in [0.2, 0.25) is 0 Å². The summed E-state index contributed by atoms with van der Waals surface area (Å²) in [5.41, 5.74) is 1.81. The van der Waals surface area contributed by atoms with Gasteiger partial charge in [-0.25, -0.2) is 0 Å². The summed E-state index contributed by atoms with van der Waals surface area (Å²) in [4.78, 5) is 10.6. The Bertz CT molecular complexity index is 328. The Labute approximate surface area is 96.0 Å². The van der Waals surface area contributed by atoms with Gasteiger partial charge >= 0.3 is 5.97 Å². The zero-order valence-electron chi connectivity index (χ0n) is 7.41. The number of carbonyl (C=O) groups is 1.